The summed E-state index contributed by atoms with van der Waals surface area (Å²) < 4.78 is 58.2. The third-order valence-electron chi connectivity index (χ3n) is 7.55. The van der Waals surface area contributed by atoms with E-state index >= 15 is 4.39 Å². The standard InChI is InChI=1S/C35H34F4N8O2/c1-4-40-33-31(44-27-9-10-42-43-19-27)6-5-12-47(33)23(3)7-8-25-17-29(30(36)14-22(25)2)34(49)45-28-16-24(15-26(18-28)35(37,38)39)20-46-13-11-41-32(48)21-46/h5-6,9,12,14-19,42,44H,3-4,10-11,13,20-21H2,1-2H3,(H,41,48)(H,45,49)/b40-33-. The van der Waals surface area contributed by atoms with Crippen molar-refractivity contribution in [3.05, 3.63) is 106 Å². The first-order valence-corrected chi connectivity index (χ1v) is 15.4. The van der Waals surface area contributed by atoms with Crippen molar-refractivity contribution in [2.75, 3.05) is 43.4 Å². The predicted octanol–water partition coefficient (Wildman–Crippen LogP) is 4.47. The number of aromatic nitrogens is 1. The SMILES string of the molecule is C=C(C#Cc1cc(C(=O)Nc2cc(CN3CCNC(=O)C3)cc(C(F)(F)F)c2)c(F)cc1C)n1cccc(NC2=CCNN=C2)/c1=N/CC. The minimum Gasteiger partial charge on any atom is -0.354 e. The number of amides is 2. The van der Waals surface area contributed by atoms with Crippen LogP contribution in [0.25, 0.3) is 5.70 Å². The molecule has 2 aliphatic heterocycles. The van der Waals surface area contributed by atoms with E-state index in [1.807, 2.05) is 19.1 Å². The van der Waals surface area contributed by atoms with Gasteiger partial charge < -0.3 is 21.4 Å². The average Bonchev–Trinajstić information content (AvgIpc) is 3.05. The van der Waals surface area contributed by atoms with Crippen molar-refractivity contribution in [2.24, 2.45) is 10.1 Å². The molecule has 1 saturated heterocycles. The first kappa shape index (κ1) is 34.6. The summed E-state index contributed by atoms with van der Waals surface area (Å²) in [5, 5.41) is 12.4. The number of rotatable bonds is 8. The number of nitrogens with one attached hydrogen (secondary N) is 4. The van der Waals surface area contributed by atoms with Gasteiger partial charge >= 0.3 is 6.18 Å². The minimum atomic E-state index is -4.70. The number of carbonyl (C=O) groups is 2. The van der Waals surface area contributed by atoms with E-state index in [-0.39, 0.29) is 30.2 Å². The van der Waals surface area contributed by atoms with Crippen molar-refractivity contribution in [1.29, 1.82) is 0 Å². The molecule has 0 bridgehead atoms. The zero-order valence-electron chi connectivity index (χ0n) is 26.8. The van der Waals surface area contributed by atoms with Crippen LogP contribution >= 0.6 is 0 Å². The molecule has 2 amide bonds. The van der Waals surface area contributed by atoms with E-state index in [0.29, 0.717) is 54.2 Å². The summed E-state index contributed by atoms with van der Waals surface area (Å²) in [6, 6.07) is 9.19. The summed E-state index contributed by atoms with van der Waals surface area (Å²) in [4.78, 5) is 31.4. The number of alkyl halides is 3. The molecule has 49 heavy (non-hydrogen) atoms. The van der Waals surface area contributed by atoms with E-state index in [0.717, 1.165) is 23.9 Å². The molecule has 1 aromatic heterocycles. The molecule has 1 fully saturated rings. The van der Waals surface area contributed by atoms with Crippen LogP contribution < -0.4 is 26.9 Å². The Balaban J connectivity index is 1.40. The zero-order chi connectivity index (χ0) is 35.1. The molecule has 14 heteroatoms. The van der Waals surface area contributed by atoms with E-state index in [9.17, 15) is 22.8 Å². The van der Waals surface area contributed by atoms with Crippen molar-refractivity contribution in [1.82, 2.24) is 20.2 Å². The third kappa shape index (κ3) is 8.82. The van der Waals surface area contributed by atoms with Crippen LogP contribution in [-0.2, 0) is 17.5 Å². The number of carbonyl (C=O) groups excluding carboxylic acids is 2. The summed E-state index contributed by atoms with van der Waals surface area (Å²) in [5.41, 5.74) is 4.69. The molecule has 0 unspecified atom stereocenters. The first-order chi connectivity index (χ1) is 23.4. The molecule has 10 nitrogen and oxygen atoms in total. The minimum absolute atomic E-state index is 0.0315. The average molecular weight is 675 g/mol. The van der Waals surface area contributed by atoms with Gasteiger partial charge in [-0.15, -0.1) is 0 Å². The van der Waals surface area contributed by atoms with Crippen LogP contribution in [-0.4, -0.2) is 60.2 Å². The van der Waals surface area contributed by atoms with Gasteiger partial charge in [-0.2, -0.15) is 18.3 Å². The summed E-state index contributed by atoms with van der Waals surface area (Å²) in [6.07, 6.45) is 0.633. The Morgan fingerprint density at radius 1 is 1.20 bits per heavy atom. The van der Waals surface area contributed by atoms with Gasteiger partial charge in [0.15, 0.2) is 5.49 Å². The maximum Gasteiger partial charge on any atom is 0.416 e. The number of anilines is 2. The van der Waals surface area contributed by atoms with Crippen molar-refractivity contribution >= 4 is 35.1 Å². The van der Waals surface area contributed by atoms with Gasteiger partial charge in [0.05, 0.1) is 47.5 Å². The molecule has 0 spiro atoms. The zero-order valence-corrected chi connectivity index (χ0v) is 26.8. The van der Waals surface area contributed by atoms with Gasteiger partial charge in [0, 0.05) is 43.6 Å². The molecule has 0 radical (unpaired) electrons. The van der Waals surface area contributed by atoms with Gasteiger partial charge in [0.25, 0.3) is 5.91 Å². The summed E-state index contributed by atoms with van der Waals surface area (Å²) >= 11 is 0. The highest BCUT2D eigenvalue weighted by molar-refractivity contribution is 6.05. The molecule has 2 aliphatic rings. The number of allylic oxidation sites excluding steroid dienone is 2. The van der Waals surface area contributed by atoms with Crippen LogP contribution in [0.2, 0.25) is 0 Å². The lowest BCUT2D eigenvalue weighted by Gasteiger charge is -2.27. The highest BCUT2D eigenvalue weighted by Gasteiger charge is 2.32. The van der Waals surface area contributed by atoms with Crippen LogP contribution in [0.15, 0.2) is 77.1 Å². The molecular weight excluding hydrogens is 640 g/mol. The second-order valence-electron chi connectivity index (χ2n) is 11.3. The van der Waals surface area contributed by atoms with E-state index in [2.05, 4.69) is 49.9 Å². The molecule has 3 aromatic rings. The van der Waals surface area contributed by atoms with Crippen LogP contribution in [0.1, 0.15) is 39.5 Å². The summed E-state index contributed by atoms with van der Waals surface area (Å²) in [5.74, 6) is 3.87. The van der Waals surface area contributed by atoms with Gasteiger partial charge in [-0.25, -0.2) is 4.39 Å². The highest BCUT2D eigenvalue weighted by atomic mass is 19.4. The van der Waals surface area contributed by atoms with Gasteiger partial charge in [0.2, 0.25) is 5.91 Å². The number of hydrogen-bond donors (Lipinski definition) is 4. The van der Waals surface area contributed by atoms with Crippen molar-refractivity contribution in [3.63, 3.8) is 0 Å². The topological polar surface area (TPSA) is 115 Å². The number of pyridine rings is 1. The van der Waals surface area contributed by atoms with E-state index in [1.165, 1.54) is 12.1 Å². The Morgan fingerprint density at radius 3 is 2.73 bits per heavy atom. The fraction of sp³-hybridized carbons (Fsp3) is 0.257. The smallest absolute Gasteiger partial charge is 0.354 e. The summed E-state index contributed by atoms with van der Waals surface area (Å²) in [6.45, 7) is 9.57. The molecular formula is C35H34F4N8O2. The molecule has 4 N–H and O–H groups in total. The third-order valence-corrected chi connectivity index (χ3v) is 7.55. The molecule has 2 aromatic carbocycles. The molecule has 5 rings (SSSR count). The predicted molar refractivity (Wildman–Crippen MR) is 180 cm³/mol. The van der Waals surface area contributed by atoms with Crippen LogP contribution in [0.4, 0.5) is 28.9 Å². The van der Waals surface area contributed by atoms with Crippen molar-refractivity contribution in [2.45, 2.75) is 26.6 Å². The van der Waals surface area contributed by atoms with Gasteiger partial charge in [-0.3, -0.25) is 24.0 Å². The number of hydrazone groups is 1. The normalized spacial score (nSPS) is 15.0. The van der Waals surface area contributed by atoms with Crippen LogP contribution in [0.5, 0.6) is 0 Å². The fourth-order valence-electron chi connectivity index (χ4n) is 5.23. The second kappa shape index (κ2) is 15.0. The number of hydrogen-bond acceptors (Lipinski definition) is 7. The van der Waals surface area contributed by atoms with Gasteiger partial charge in [-0.05, 0) is 79.4 Å². The first-order valence-electron chi connectivity index (χ1n) is 15.4. The second-order valence-corrected chi connectivity index (χ2v) is 11.3. The van der Waals surface area contributed by atoms with Crippen LogP contribution in [0, 0.1) is 24.6 Å². The maximum atomic E-state index is 15.1. The Morgan fingerprint density at radius 2 is 2.02 bits per heavy atom. The van der Waals surface area contributed by atoms with E-state index < -0.39 is 29.0 Å². The Kier molecular flexibility index (Phi) is 10.6. The molecule has 254 valence electrons. The lowest BCUT2D eigenvalue weighted by atomic mass is 10.0. The van der Waals surface area contributed by atoms with E-state index in [1.54, 1.807) is 34.9 Å². The van der Waals surface area contributed by atoms with Crippen molar-refractivity contribution in [3.8, 4) is 11.8 Å². The van der Waals surface area contributed by atoms with E-state index in [4.69, 9.17) is 0 Å². The lowest BCUT2D eigenvalue weighted by Crippen LogP contribution is -2.47. The molecule has 3 heterocycles. The Hall–Kier alpha value is -5.68. The number of aryl methyl sites for hydroxylation is 1. The highest BCUT2D eigenvalue weighted by Crippen LogP contribution is 2.33. The number of nitrogens with zero attached hydrogens (tertiary/aromatic N) is 4. The molecule has 0 aliphatic carbocycles. The molecule has 0 saturated carbocycles. The van der Waals surface area contributed by atoms with Gasteiger partial charge in [-0.1, -0.05) is 12.5 Å². The maximum absolute atomic E-state index is 15.1. The number of piperazine rings is 1. The quantitative estimate of drug-likeness (QED) is 0.208. The lowest BCUT2D eigenvalue weighted by molar-refractivity contribution is -0.137. The Bertz CT molecular complexity index is 1990. The fourth-order valence-corrected chi connectivity index (χ4v) is 5.23. The van der Waals surface area contributed by atoms with Crippen LogP contribution in [0.3, 0.4) is 0 Å². The molecule has 0 atom stereocenters. The number of benzene rings is 2. The largest absolute Gasteiger partial charge is 0.416 e. The van der Waals surface area contributed by atoms with Crippen molar-refractivity contribution < 1.29 is 27.2 Å². The number of halogens is 4. The van der Waals surface area contributed by atoms with Gasteiger partial charge in [0.1, 0.15) is 5.82 Å². The monoisotopic (exact) mass is 674 g/mol. The Labute approximate surface area is 280 Å². The summed E-state index contributed by atoms with van der Waals surface area (Å²) in [7, 11) is 0.